The lowest BCUT2D eigenvalue weighted by Gasteiger charge is -2.15. The van der Waals surface area contributed by atoms with Crippen LogP contribution < -0.4 is 4.31 Å². The average Bonchev–Trinajstić information content (AvgIpc) is 2.68. The monoisotopic (exact) mass is 248 g/mol. The van der Waals surface area contributed by atoms with Crippen LogP contribution >= 0.6 is 0 Å². The van der Waals surface area contributed by atoms with Crippen LogP contribution in [0.25, 0.3) is 10.9 Å². The Morgan fingerprint density at radius 2 is 2.06 bits per heavy atom. The number of hydrogen-bond donors (Lipinski definition) is 0. The molecule has 0 spiro atoms. The largest absolute Gasteiger partial charge is 0.253 e. The minimum Gasteiger partial charge on any atom is -0.253 e. The van der Waals surface area contributed by atoms with E-state index in [4.69, 9.17) is 0 Å². The van der Waals surface area contributed by atoms with Gasteiger partial charge in [-0.25, -0.2) is 13.4 Å². The molecular formula is C12H12N2O2S. The smallest absolute Gasteiger partial charge is 0.233 e. The molecule has 3 rings (SSSR count). The molecule has 2 aromatic rings. The van der Waals surface area contributed by atoms with E-state index >= 15 is 0 Å². The third kappa shape index (κ3) is 1.67. The maximum absolute atomic E-state index is 11.6. The Morgan fingerprint density at radius 1 is 1.29 bits per heavy atom. The van der Waals surface area contributed by atoms with Gasteiger partial charge < -0.3 is 0 Å². The maximum Gasteiger partial charge on any atom is 0.233 e. The predicted octanol–water partition coefficient (Wildman–Crippen LogP) is 1.56. The second-order valence-electron chi connectivity index (χ2n) is 4.25. The van der Waals surface area contributed by atoms with Crippen LogP contribution in [0.4, 0.5) is 5.82 Å². The summed E-state index contributed by atoms with van der Waals surface area (Å²) in [6, 6.07) is 9.78. The number of sulfonamides is 1. The van der Waals surface area contributed by atoms with Crippen molar-refractivity contribution in [1.29, 1.82) is 0 Å². The Hall–Kier alpha value is -1.62. The molecule has 88 valence electrons. The molecule has 0 atom stereocenters. The molecular weight excluding hydrogens is 236 g/mol. The second-order valence-corrected chi connectivity index (χ2v) is 6.16. The van der Waals surface area contributed by atoms with Gasteiger partial charge in [-0.2, -0.15) is 0 Å². The van der Waals surface area contributed by atoms with Crippen molar-refractivity contribution >= 4 is 26.7 Å². The van der Waals surface area contributed by atoms with E-state index in [9.17, 15) is 8.42 Å². The Morgan fingerprint density at radius 3 is 2.82 bits per heavy atom. The molecule has 0 aliphatic carbocycles. The highest BCUT2D eigenvalue weighted by atomic mass is 32.2. The third-order valence-corrected chi connectivity index (χ3v) is 4.16. The highest BCUT2D eigenvalue weighted by molar-refractivity contribution is 7.92. The number of benzene rings is 1. The van der Waals surface area contributed by atoms with Gasteiger partial charge in [-0.05, 0) is 24.1 Å². The molecule has 1 aliphatic heterocycles. The summed E-state index contributed by atoms with van der Waals surface area (Å²) in [7, 11) is -3.21. The molecule has 1 aliphatic rings. The molecule has 0 fully saturated rings. The summed E-state index contributed by atoms with van der Waals surface area (Å²) in [5, 5.41) is 1.06. The first-order valence-corrected chi connectivity index (χ1v) is 7.27. The van der Waals surface area contributed by atoms with Gasteiger partial charge in [-0.15, -0.1) is 0 Å². The molecule has 0 amide bonds. The molecule has 0 unspecified atom stereocenters. The van der Waals surface area contributed by atoms with Crippen molar-refractivity contribution in [3.63, 3.8) is 0 Å². The first kappa shape index (κ1) is 10.5. The van der Waals surface area contributed by atoms with E-state index in [1.165, 1.54) is 10.6 Å². The lowest BCUT2D eigenvalue weighted by atomic mass is 10.1. The van der Waals surface area contributed by atoms with Gasteiger partial charge in [-0.1, -0.05) is 18.2 Å². The molecule has 17 heavy (non-hydrogen) atoms. The minimum absolute atomic E-state index is 0.498. The standard InChI is InChI=1S/C12H12N2O2S/c1-17(15,16)14-7-6-10-8-9-4-2-3-5-11(9)13-12(10)14/h2-5,8H,6-7H2,1H3. The zero-order valence-corrected chi connectivity index (χ0v) is 10.2. The fraction of sp³-hybridized carbons (Fsp3) is 0.250. The number of fused-ring (bicyclic) bond motifs is 2. The van der Waals surface area contributed by atoms with Crippen molar-refractivity contribution in [1.82, 2.24) is 4.98 Å². The number of nitrogens with zero attached hydrogens (tertiary/aromatic N) is 2. The Balaban J connectivity index is 2.25. The van der Waals surface area contributed by atoms with Gasteiger partial charge in [0.1, 0.15) is 5.82 Å². The maximum atomic E-state index is 11.6. The number of para-hydroxylation sites is 1. The number of aromatic nitrogens is 1. The lowest BCUT2D eigenvalue weighted by Crippen LogP contribution is -2.28. The third-order valence-electron chi connectivity index (χ3n) is 3.00. The van der Waals surface area contributed by atoms with Crippen molar-refractivity contribution in [3.8, 4) is 0 Å². The fourth-order valence-electron chi connectivity index (χ4n) is 2.20. The van der Waals surface area contributed by atoms with Crippen LogP contribution in [0.2, 0.25) is 0 Å². The van der Waals surface area contributed by atoms with Gasteiger partial charge in [0.25, 0.3) is 0 Å². The van der Waals surface area contributed by atoms with Crippen molar-refractivity contribution in [2.24, 2.45) is 0 Å². The van der Waals surface area contributed by atoms with E-state index in [2.05, 4.69) is 4.98 Å². The van der Waals surface area contributed by atoms with Crippen LogP contribution in [0.15, 0.2) is 30.3 Å². The van der Waals surface area contributed by atoms with Crippen LogP contribution in [0.3, 0.4) is 0 Å². The molecule has 5 heteroatoms. The van der Waals surface area contributed by atoms with Gasteiger partial charge in [0.2, 0.25) is 10.0 Å². The van der Waals surface area contributed by atoms with Crippen molar-refractivity contribution < 1.29 is 8.42 Å². The minimum atomic E-state index is -3.21. The van der Waals surface area contributed by atoms with Crippen LogP contribution in [0.1, 0.15) is 5.56 Å². The summed E-state index contributed by atoms with van der Waals surface area (Å²) < 4.78 is 24.6. The van der Waals surface area contributed by atoms with Crippen LogP contribution in [0.5, 0.6) is 0 Å². The number of rotatable bonds is 1. The van der Waals surface area contributed by atoms with E-state index < -0.39 is 10.0 Å². The first-order chi connectivity index (χ1) is 8.05. The molecule has 0 N–H and O–H groups in total. The highest BCUT2D eigenvalue weighted by Crippen LogP contribution is 2.30. The summed E-state index contributed by atoms with van der Waals surface area (Å²) >= 11 is 0. The van der Waals surface area contributed by atoms with Crippen LogP contribution in [-0.2, 0) is 16.4 Å². The van der Waals surface area contributed by atoms with E-state index in [1.807, 2.05) is 30.3 Å². The van der Waals surface area contributed by atoms with Crippen LogP contribution in [-0.4, -0.2) is 26.2 Å². The van der Waals surface area contributed by atoms with Crippen LogP contribution in [0, 0.1) is 0 Å². The van der Waals surface area contributed by atoms with Crippen molar-refractivity contribution in [3.05, 3.63) is 35.9 Å². The molecule has 2 heterocycles. The average molecular weight is 248 g/mol. The quantitative estimate of drug-likeness (QED) is 0.769. The van der Waals surface area contributed by atoms with E-state index in [-0.39, 0.29) is 0 Å². The lowest BCUT2D eigenvalue weighted by molar-refractivity contribution is 0.598. The summed E-state index contributed by atoms with van der Waals surface area (Å²) in [6.07, 6.45) is 1.96. The van der Waals surface area contributed by atoms with Gasteiger partial charge in [-0.3, -0.25) is 4.31 Å². The molecule has 0 saturated heterocycles. The molecule has 0 bridgehead atoms. The first-order valence-electron chi connectivity index (χ1n) is 5.42. The molecule has 1 aromatic heterocycles. The Labute approximate surface area is 99.9 Å². The zero-order chi connectivity index (χ0) is 12.0. The zero-order valence-electron chi connectivity index (χ0n) is 9.42. The van der Waals surface area contributed by atoms with Gasteiger partial charge >= 0.3 is 0 Å². The normalized spacial score (nSPS) is 15.2. The molecule has 0 radical (unpaired) electrons. The SMILES string of the molecule is CS(=O)(=O)N1CCc2cc3ccccc3nc21. The fourth-order valence-corrected chi connectivity index (χ4v) is 3.10. The number of anilines is 1. The summed E-state index contributed by atoms with van der Waals surface area (Å²) in [4.78, 5) is 4.45. The summed E-state index contributed by atoms with van der Waals surface area (Å²) in [6.45, 7) is 0.498. The topological polar surface area (TPSA) is 50.3 Å². The van der Waals surface area contributed by atoms with Gasteiger partial charge in [0, 0.05) is 11.9 Å². The summed E-state index contributed by atoms with van der Waals surface area (Å²) in [5.74, 6) is 0.589. The Kier molecular flexibility index (Phi) is 2.13. The predicted molar refractivity (Wildman–Crippen MR) is 67.6 cm³/mol. The molecule has 1 aromatic carbocycles. The van der Waals surface area contributed by atoms with Crippen molar-refractivity contribution in [2.45, 2.75) is 6.42 Å². The highest BCUT2D eigenvalue weighted by Gasteiger charge is 2.27. The second kappa shape index (κ2) is 3.43. The summed E-state index contributed by atoms with van der Waals surface area (Å²) in [5.41, 5.74) is 1.84. The van der Waals surface area contributed by atoms with Crippen molar-refractivity contribution in [2.75, 3.05) is 17.1 Å². The van der Waals surface area contributed by atoms with E-state index in [1.54, 1.807) is 0 Å². The van der Waals surface area contributed by atoms with E-state index in [0.29, 0.717) is 12.4 Å². The number of hydrogen-bond acceptors (Lipinski definition) is 3. The molecule has 4 nitrogen and oxygen atoms in total. The van der Waals surface area contributed by atoms with Gasteiger partial charge in [0.05, 0.1) is 11.8 Å². The molecule has 0 saturated carbocycles. The Bertz CT molecular complexity index is 695. The number of pyridine rings is 1. The van der Waals surface area contributed by atoms with Gasteiger partial charge in [0.15, 0.2) is 0 Å². The van der Waals surface area contributed by atoms with E-state index in [0.717, 1.165) is 22.9 Å².